The van der Waals surface area contributed by atoms with Crippen LogP contribution in [0.4, 0.5) is 0 Å². The maximum Gasteiger partial charge on any atom is 0.309 e. The molecule has 1 aliphatic rings. The van der Waals surface area contributed by atoms with Crippen LogP contribution in [0.15, 0.2) is 77.9 Å². The third kappa shape index (κ3) is 8.36. The zero-order chi connectivity index (χ0) is 32.3. The van der Waals surface area contributed by atoms with Gasteiger partial charge in [0.25, 0.3) is 5.56 Å². The van der Waals surface area contributed by atoms with E-state index >= 15 is 0 Å². The number of fused-ring (bicyclic) bond motifs is 1. The van der Waals surface area contributed by atoms with Gasteiger partial charge < -0.3 is 24.4 Å². The van der Waals surface area contributed by atoms with Crippen LogP contribution in [0.25, 0.3) is 5.69 Å². The number of ether oxygens (including phenoxy) is 3. The molecule has 0 spiro atoms. The van der Waals surface area contributed by atoms with Gasteiger partial charge in [0, 0.05) is 44.7 Å². The Morgan fingerprint density at radius 2 is 1.83 bits per heavy atom. The lowest BCUT2D eigenvalue weighted by molar-refractivity contribution is -0.139. The van der Waals surface area contributed by atoms with Gasteiger partial charge in [0.05, 0.1) is 49.8 Å². The average molecular weight is 626 g/mol. The maximum atomic E-state index is 14.0. The Bertz CT molecular complexity index is 1690. The first-order chi connectivity index (χ1) is 22.4. The van der Waals surface area contributed by atoms with Crippen molar-refractivity contribution in [1.29, 1.82) is 0 Å². The maximum absolute atomic E-state index is 14.0. The number of carbonyl (C=O) groups is 2. The van der Waals surface area contributed by atoms with Crippen molar-refractivity contribution in [2.45, 2.75) is 52.1 Å². The second-order valence-electron chi connectivity index (χ2n) is 11.0. The van der Waals surface area contributed by atoms with Crippen molar-refractivity contribution < 1.29 is 23.8 Å². The lowest BCUT2D eigenvalue weighted by Crippen LogP contribution is -2.41. The predicted octanol–water partition coefficient (Wildman–Crippen LogP) is 4.38. The molecule has 5 rings (SSSR count). The molecule has 0 fully saturated rings. The van der Waals surface area contributed by atoms with E-state index in [1.165, 1.54) is 11.7 Å². The molecule has 0 radical (unpaired) electrons. The normalized spacial score (nSPS) is 12.3. The number of esters is 1. The van der Waals surface area contributed by atoms with Crippen LogP contribution in [0.3, 0.4) is 0 Å². The largest absolute Gasteiger partial charge is 0.493 e. The highest BCUT2D eigenvalue weighted by molar-refractivity contribution is 5.76. The molecule has 11 nitrogen and oxygen atoms in total. The topological polar surface area (TPSA) is 125 Å². The number of rotatable bonds is 14. The minimum Gasteiger partial charge on any atom is -0.493 e. The molecule has 0 atom stereocenters. The summed E-state index contributed by atoms with van der Waals surface area (Å²) in [6.45, 7) is 4.41. The highest BCUT2D eigenvalue weighted by Crippen LogP contribution is 2.27. The van der Waals surface area contributed by atoms with Gasteiger partial charge in [-0.25, -0.2) is 9.55 Å². The molecular formula is C35H39N5O6. The number of hydrogen-bond acceptors (Lipinski definition) is 9. The van der Waals surface area contributed by atoms with E-state index in [9.17, 15) is 14.4 Å². The predicted molar refractivity (Wildman–Crippen MR) is 172 cm³/mol. The SMILES string of the molecule is CCCCOc1cccc(Oc2nc3c(c(=O)n2-c2cccnc2)CN(C(=O)CCNCc2ccc(CC(=O)OC)cc2)CC3)c1. The molecule has 1 N–H and O–H groups in total. The summed E-state index contributed by atoms with van der Waals surface area (Å²) in [6.07, 6.45) is 6.15. The summed E-state index contributed by atoms with van der Waals surface area (Å²) in [5.41, 5.74) is 3.23. The van der Waals surface area contributed by atoms with E-state index in [0.29, 0.717) is 61.1 Å². The van der Waals surface area contributed by atoms with Crippen LogP contribution in [0.5, 0.6) is 17.5 Å². The number of carbonyl (C=O) groups excluding carboxylic acids is 2. The Morgan fingerprint density at radius 3 is 2.59 bits per heavy atom. The van der Waals surface area contributed by atoms with Gasteiger partial charge in [-0.05, 0) is 41.8 Å². The molecule has 0 bridgehead atoms. The number of unbranched alkanes of at least 4 members (excludes halogenated alkanes) is 1. The Hall–Kier alpha value is -5.03. The zero-order valence-corrected chi connectivity index (χ0v) is 26.2. The number of aromatic nitrogens is 3. The van der Waals surface area contributed by atoms with E-state index in [4.69, 9.17) is 19.2 Å². The van der Waals surface area contributed by atoms with Gasteiger partial charge in [-0.2, -0.15) is 0 Å². The van der Waals surface area contributed by atoms with Gasteiger partial charge >= 0.3 is 12.0 Å². The van der Waals surface area contributed by atoms with Crippen molar-refractivity contribution in [3.8, 4) is 23.2 Å². The molecule has 3 heterocycles. The highest BCUT2D eigenvalue weighted by Gasteiger charge is 2.27. The smallest absolute Gasteiger partial charge is 0.309 e. The number of benzene rings is 2. The van der Waals surface area contributed by atoms with Crippen LogP contribution in [-0.2, 0) is 40.3 Å². The van der Waals surface area contributed by atoms with E-state index < -0.39 is 0 Å². The molecule has 1 aliphatic heterocycles. The third-order valence-corrected chi connectivity index (χ3v) is 7.68. The van der Waals surface area contributed by atoms with E-state index in [0.717, 1.165) is 24.0 Å². The van der Waals surface area contributed by atoms with Crippen molar-refractivity contribution in [2.75, 3.05) is 26.8 Å². The Kier molecular flexibility index (Phi) is 11.1. The fourth-order valence-corrected chi connectivity index (χ4v) is 5.12. The quantitative estimate of drug-likeness (QED) is 0.161. The summed E-state index contributed by atoms with van der Waals surface area (Å²) in [4.78, 5) is 49.3. The molecule has 46 heavy (non-hydrogen) atoms. The molecule has 1 amide bonds. The average Bonchev–Trinajstić information content (AvgIpc) is 3.08. The Labute approximate surface area is 268 Å². The fraction of sp³-hybridized carbons (Fsp3) is 0.343. The number of methoxy groups -OCH3 is 1. The summed E-state index contributed by atoms with van der Waals surface area (Å²) in [6, 6.07) is 18.6. The van der Waals surface area contributed by atoms with E-state index in [1.54, 1.807) is 41.6 Å². The van der Waals surface area contributed by atoms with Crippen LogP contribution in [0, 0.1) is 0 Å². The monoisotopic (exact) mass is 625 g/mol. The molecular weight excluding hydrogens is 586 g/mol. The molecule has 2 aromatic heterocycles. The molecule has 0 saturated heterocycles. The summed E-state index contributed by atoms with van der Waals surface area (Å²) in [5, 5.41) is 3.30. The van der Waals surface area contributed by atoms with Gasteiger partial charge in [-0.1, -0.05) is 43.7 Å². The van der Waals surface area contributed by atoms with Crippen LogP contribution in [-0.4, -0.2) is 58.1 Å². The van der Waals surface area contributed by atoms with E-state index in [2.05, 4.69) is 17.2 Å². The molecule has 0 saturated carbocycles. The Morgan fingerprint density at radius 1 is 1.02 bits per heavy atom. The van der Waals surface area contributed by atoms with Crippen molar-refractivity contribution in [2.24, 2.45) is 0 Å². The molecule has 2 aromatic carbocycles. The number of pyridine rings is 1. The van der Waals surface area contributed by atoms with Gasteiger partial charge in [0.2, 0.25) is 5.91 Å². The van der Waals surface area contributed by atoms with Crippen LogP contribution in [0.2, 0.25) is 0 Å². The molecule has 4 aromatic rings. The molecule has 11 heteroatoms. The van der Waals surface area contributed by atoms with Crippen LogP contribution < -0.4 is 20.3 Å². The van der Waals surface area contributed by atoms with Gasteiger partial charge in [0.1, 0.15) is 11.5 Å². The summed E-state index contributed by atoms with van der Waals surface area (Å²) in [5.74, 6) is 0.853. The minimum atomic E-state index is -0.297. The lowest BCUT2D eigenvalue weighted by atomic mass is 10.1. The molecule has 0 aliphatic carbocycles. The third-order valence-electron chi connectivity index (χ3n) is 7.68. The van der Waals surface area contributed by atoms with Crippen LogP contribution in [0.1, 0.15) is 48.6 Å². The summed E-state index contributed by atoms with van der Waals surface area (Å²) >= 11 is 0. The van der Waals surface area contributed by atoms with Crippen molar-refractivity contribution in [3.63, 3.8) is 0 Å². The number of amides is 1. The first-order valence-electron chi connectivity index (χ1n) is 15.5. The van der Waals surface area contributed by atoms with E-state index in [1.807, 2.05) is 36.4 Å². The molecule has 0 unspecified atom stereocenters. The number of hydrogen-bond donors (Lipinski definition) is 1. The number of nitrogens with one attached hydrogen (secondary N) is 1. The number of nitrogens with zero attached hydrogens (tertiary/aromatic N) is 4. The fourth-order valence-electron chi connectivity index (χ4n) is 5.12. The first-order valence-corrected chi connectivity index (χ1v) is 15.5. The Balaban J connectivity index is 1.25. The minimum absolute atomic E-state index is 0.0425. The first kappa shape index (κ1) is 32.4. The van der Waals surface area contributed by atoms with Gasteiger partial charge in [-0.15, -0.1) is 0 Å². The summed E-state index contributed by atoms with van der Waals surface area (Å²) < 4.78 is 18.1. The zero-order valence-electron chi connectivity index (χ0n) is 26.2. The second kappa shape index (κ2) is 15.8. The van der Waals surface area contributed by atoms with Crippen LogP contribution >= 0.6 is 0 Å². The summed E-state index contributed by atoms with van der Waals surface area (Å²) in [7, 11) is 1.37. The van der Waals surface area contributed by atoms with Gasteiger partial charge in [0.15, 0.2) is 0 Å². The second-order valence-corrected chi connectivity index (χ2v) is 11.0. The lowest BCUT2D eigenvalue weighted by Gasteiger charge is -2.29. The van der Waals surface area contributed by atoms with Crippen molar-refractivity contribution >= 4 is 11.9 Å². The van der Waals surface area contributed by atoms with Crippen molar-refractivity contribution in [1.82, 2.24) is 24.8 Å². The van der Waals surface area contributed by atoms with E-state index in [-0.39, 0.29) is 42.8 Å². The molecule has 240 valence electrons. The van der Waals surface area contributed by atoms with Crippen molar-refractivity contribution in [3.05, 3.63) is 106 Å². The standard InChI is InChI=1S/C35H39N5O6/c1-3-4-19-45-28-8-5-9-29(21-28)46-35-38-31-15-18-39(24-30(31)34(43)40(35)27-7-6-16-36-23-27)32(41)14-17-37-22-26-12-10-25(11-13-26)20-33(42)44-2/h5-13,16,21,23,37H,3-4,14-15,17-20,22,24H2,1-2H3. The van der Waals surface area contributed by atoms with Gasteiger partial charge in [-0.3, -0.25) is 19.4 Å². The highest BCUT2D eigenvalue weighted by atomic mass is 16.5.